The Morgan fingerprint density at radius 3 is 2.45 bits per heavy atom. The van der Waals surface area contributed by atoms with Crippen LogP contribution in [0.5, 0.6) is 0 Å². The summed E-state index contributed by atoms with van der Waals surface area (Å²) in [7, 11) is -3.84. The van der Waals surface area contributed by atoms with Crippen molar-refractivity contribution in [2.75, 3.05) is 10.8 Å². The van der Waals surface area contributed by atoms with E-state index in [1.807, 2.05) is 13.0 Å². The molecule has 1 N–H and O–H groups in total. The van der Waals surface area contributed by atoms with Gasteiger partial charge < -0.3 is 5.11 Å². The van der Waals surface area contributed by atoms with E-state index < -0.39 is 16.0 Å². The predicted octanol–water partition coefficient (Wildman–Crippen LogP) is 5.69. The van der Waals surface area contributed by atoms with E-state index in [-0.39, 0.29) is 16.0 Å². The lowest BCUT2D eigenvalue weighted by Crippen LogP contribution is -2.31. The molecule has 0 aliphatic rings. The molecule has 3 rings (SSSR count). The molecular formula is C25H21ClN2O4S. The van der Waals surface area contributed by atoms with Gasteiger partial charge in [0.05, 0.1) is 27.8 Å². The van der Waals surface area contributed by atoms with Gasteiger partial charge in [0.2, 0.25) is 0 Å². The Morgan fingerprint density at radius 2 is 1.82 bits per heavy atom. The van der Waals surface area contributed by atoms with Gasteiger partial charge in [-0.2, -0.15) is 5.26 Å². The van der Waals surface area contributed by atoms with Crippen LogP contribution in [0.2, 0.25) is 5.02 Å². The summed E-state index contributed by atoms with van der Waals surface area (Å²) in [4.78, 5) is 11.7. The molecule has 3 aromatic rings. The van der Waals surface area contributed by atoms with Crippen LogP contribution < -0.4 is 4.31 Å². The van der Waals surface area contributed by atoms with E-state index in [0.717, 1.165) is 0 Å². The highest BCUT2D eigenvalue weighted by atomic mass is 35.5. The maximum Gasteiger partial charge on any atom is 0.336 e. The monoisotopic (exact) mass is 480 g/mol. The zero-order chi connectivity index (χ0) is 24.0. The number of carbonyl (C=O) groups is 1. The maximum absolute atomic E-state index is 13.4. The fourth-order valence-electron chi connectivity index (χ4n) is 3.25. The predicted molar refractivity (Wildman–Crippen MR) is 130 cm³/mol. The number of rotatable bonds is 8. The summed E-state index contributed by atoms with van der Waals surface area (Å²) in [5.74, 6) is -1.15. The van der Waals surface area contributed by atoms with Crippen LogP contribution in [0, 0.1) is 11.3 Å². The first kappa shape index (κ1) is 24.1. The molecule has 6 nitrogen and oxygen atoms in total. The third kappa shape index (κ3) is 5.61. The molecule has 0 bridgehead atoms. The van der Waals surface area contributed by atoms with Crippen LogP contribution in [0.25, 0.3) is 12.2 Å². The second-order valence-corrected chi connectivity index (χ2v) is 9.48. The summed E-state index contributed by atoms with van der Waals surface area (Å²) in [5, 5.41) is 19.0. The lowest BCUT2D eigenvalue weighted by Gasteiger charge is -2.24. The van der Waals surface area contributed by atoms with E-state index in [1.54, 1.807) is 54.6 Å². The van der Waals surface area contributed by atoms with Crippen molar-refractivity contribution in [1.82, 2.24) is 0 Å². The van der Waals surface area contributed by atoms with E-state index in [1.165, 1.54) is 28.6 Å². The van der Waals surface area contributed by atoms with Crippen LogP contribution in [0.3, 0.4) is 0 Å². The van der Waals surface area contributed by atoms with E-state index >= 15 is 0 Å². The highest BCUT2D eigenvalue weighted by molar-refractivity contribution is 7.92. The number of carboxylic acid groups (broad SMARTS) is 1. The second-order valence-electron chi connectivity index (χ2n) is 7.18. The first-order valence-electron chi connectivity index (χ1n) is 10.1. The van der Waals surface area contributed by atoms with Gasteiger partial charge in [-0.25, -0.2) is 13.2 Å². The van der Waals surface area contributed by atoms with Gasteiger partial charge in [0.15, 0.2) is 0 Å². The van der Waals surface area contributed by atoms with Crippen molar-refractivity contribution in [2.24, 2.45) is 0 Å². The minimum atomic E-state index is -3.84. The van der Waals surface area contributed by atoms with Crippen molar-refractivity contribution in [2.45, 2.75) is 18.2 Å². The molecule has 0 unspecified atom stereocenters. The normalized spacial score (nSPS) is 11.3. The molecule has 0 saturated carbocycles. The molecule has 0 aliphatic carbocycles. The van der Waals surface area contributed by atoms with Crippen molar-refractivity contribution in [1.29, 1.82) is 5.26 Å². The molecule has 8 heteroatoms. The van der Waals surface area contributed by atoms with Crippen molar-refractivity contribution >= 4 is 45.4 Å². The molecule has 0 fully saturated rings. The van der Waals surface area contributed by atoms with Crippen LogP contribution in [0.1, 0.15) is 40.4 Å². The molecule has 168 valence electrons. The van der Waals surface area contributed by atoms with E-state index in [4.69, 9.17) is 16.9 Å². The number of carboxylic acids is 1. The first-order chi connectivity index (χ1) is 15.8. The summed E-state index contributed by atoms with van der Waals surface area (Å²) >= 11 is 5.95. The zero-order valence-corrected chi connectivity index (χ0v) is 19.3. The Balaban J connectivity index is 1.97. The van der Waals surface area contributed by atoms with Gasteiger partial charge in [0.1, 0.15) is 0 Å². The Labute approximate surface area is 198 Å². The summed E-state index contributed by atoms with van der Waals surface area (Å²) in [6.45, 7) is 2.20. The minimum absolute atomic E-state index is 0.00839. The second kappa shape index (κ2) is 10.3. The average Bonchev–Trinajstić information content (AvgIpc) is 2.82. The van der Waals surface area contributed by atoms with Gasteiger partial charge in [-0.15, -0.1) is 0 Å². The summed E-state index contributed by atoms with van der Waals surface area (Å²) in [6, 6.07) is 19.3. The molecule has 0 radical (unpaired) electrons. The van der Waals surface area contributed by atoms with Crippen LogP contribution in [0.4, 0.5) is 5.69 Å². The molecule has 0 atom stereocenters. The summed E-state index contributed by atoms with van der Waals surface area (Å²) in [6.07, 6.45) is 3.84. The molecule has 0 spiro atoms. The van der Waals surface area contributed by atoms with Crippen LogP contribution >= 0.6 is 11.6 Å². The van der Waals surface area contributed by atoms with Gasteiger partial charge in [0.25, 0.3) is 10.0 Å². The van der Waals surface area contributed by atoms with Crippen molar-refractivity contribution in [3.63, 3.8) is 0 Å². The highest BCUT2D eigenvalue weighted by Crippen LogP contribution is 2.26. The summed E-state index contributed by atoms with van der Waals surface area (Å²) < 4.78 is 28.2. The topological polar surface area (TPSA) is 98.5 Å². The Bertz CT molecular complexity index is 1340. The number of hydrogen-bond donors (Lipinski definition) is 1. The third-order valence-corrected chi connectivity index (χ3v) is 6.93. The van der Waals surface area contributed by atoms with Gasteiger partial charge in [-0.3, -0.25) is 4.31 Å². The maximum atomic E-state index is 13.4. The smallest absolute Gasteiger partial charge is 0.336 e. The van der Waals surface area contributed by atoms with E-state index in [2.05, 4.69) is 0 Å². The Kier molecular flexibility index (Phi) is 7.54. The number of aromatic carboxylic acids is 1. The van der Waals surface area contributed by atoms with Gasteiger partial charge >= 0.3 is 5.97 Å². The molecule has 0 aliphatic heterocycles. The zero-order valence-electron chi connectivity index (χ0n) is 17.8. The number of sulfonamides is 1. The van der Waals surface area contributed by atoms with Gasteiger partial charge in [0, 0.05) is 11.6 Å². The molecular weight excluding hydrogens is 460 g/mol. The van der Waals surface area contributed by atoms with Crippen molar-refractivity contribution < 1.29 is 18.3 Å². The third-order valence-electron chi connectivity index (χ3n) is 4.86. The number of nitriles is 1. The SMILES string of the molecule is CCCN(c1ccc(Cl)cc1)S(=O)(=O)c1cccc(/C=C\c2ccc(C#N)cc2C(=O)O)c1. The lowest BCUT2D eigenvalue weighted by molar-refractivity contribution is 0.0696. The molecule has 0 amide bonds. The minimum Gasteiger partial charge on any atom is -0.478 e. The number of anilines is 1. The van der Waals surface area contributed by atoms with Crippen LogP contribution in [-0.2, 0) is 10.0 Å². The molecule has 0 heterocycles. The summed E-state index contributed by atoms with van der Waals surface area (Å²) in [5.41, 5.74) is 1.75. The highest BCUT2D eigenvalue weighted by Gasteiger charge is 2.24. The standard InChI is InChI=1S/C25H21ClN2O4S/c1-2-14-28(22-12-10-21(26)11-13-22)33(31,32)23-5-3-4-18(15-23)6-8-20-9-7-19(17-27)16-24(20)25(29)30/h3-13,15-16H,2,14H2,1H3,(H,29,30)/b8-6-. The van der Waals surface area contributed by atoms with Crippen LogP contribution in [0.15, 0.2) is 71.6 Å². The number of halogens is 1. The van der Waals surface area contributed by atoms with Gasteiger partial charge in [-0.1, -0.05) is 48.9 Å². The number of nitrogens with zero attached hydrogens (tertiary/aromatic N) is 2. The lowest BCUT2D eigenvalue weighted by atomic mass is 10.0. The largest absolute Gasteiger partial charge is 0.478 e. The fourth-order valence-corrected chi connectivity index (χ4v) is 4.98. The van der Waals surface area contributed by atoms with Crippen LogP contribution in [-0.4, -0.2) is 26.0 Å². The van der Waals surface area contributed by atoms with Crippen molar-refractivity contribution in [3.8, 4) is 6.07 Å². The average molecular weight is 481 g/mol. The van der Waals surface area contributed by atoms with E-state index in [0.29, 0.717) is 34.8 Å². The Hall–Kier alpha value is -3.60. The molecule has 0 saturated heterocycles. The molecule has 33 heavy (non-hydrogen) atoms. The van der Waals surface area contributed by atoms with Crippen molar-refractivity contribution in [3.05, 3.63) is 94.0 Å². The Morgan fingerprint density at radius 1 is 1.09 bits per heavy atom. The number of benzene rings is 3. The fraction of sp³-hybridized carbons (Fsp3) is 0.120. The molecule has 0 aromatic heterocycles. The molecule has 3 aromatic carbocycles. The number of hydrogen-bond acceptors (Lipinski definition) is 4. The van der Waals surface area contributed by atoms with Gasteiger partial charge in [-0.05, 0) is 66.1 Å². The first-order valence-corrected chi connectivity index (χ1v) is 11.9. The quantitative estimate of drug-likeness (QED) is 0.418. The van der Waals surface area contributed by atoms with E-state index in [9.17, 15) is 18.3 Å².